The van der Waals surface area contributed by atoms with E-state index in [1.54, 1.807) is 53.4 Å². The van der Waals surface area contributed by atoms with Crippen molar-refractivity contribution in [3.63, 3.8) is 0 Å². The van der Waals surface area contributed by atoms with Gasteiger partial charge < -0.3 is 35.4 Å². The summed E-state index contributed by atoms with van der Waals surface area (Å²) in [6, 6.07) is 13.9. The van der Waals surface area contributed by atoms with Crippen molar-refractivity contribution in [2.45, 2.75) is 18.8 Å². The van der Waals surface area contributed by atoms with Gasteiger partial charge in [-0.1, -0.05) is 18.2 Å². The van der Waals surface area contributed by atoms with Gasteiger partial charge in [-0.25, -0.2) is 0 Å². The molecule has 2 aliphatic rings. The molecule has 2 aromatic rings. The van der Waals surface area contributed by atoms with Gasteiger partial charge in [-0.3, -0.25) is 14.4 Å². The molecule has 0 saturated carbocycles. The van der Waals surface area contributed by atoms with Crippen LogP contribution in [0.25, 0.3) is 0 Å². The summed E-state index contributed by atoms with van der Waals surface area (Å²) in [5.41, 5.74) is 8.14. The number of aliphatic hydroxyl groups is 1. The maximum Gasteiger partial charge on any atom is 0.259 e. The van der Waals surface area contributed by atoms with Crippen molar-refractivity contribution in [2.75, 3.05) is 48.0 Å². The second-order valence-electron chi connectivity index (χ2n) is 7.73. The van der Waals surface area contributed by atoms with Crippen LogP contribution in [-0.4, -0.2) is 67.9 Å². The van der Waals surface area contributed by atoms with Crippen LogP contribution in [0.3, 0.4) is 0 Å². The van der Waals surface area contributed by atoms with Crippen molar-refractivity contribution in [2.24, 2.45) is 5.73 Å². The summed E-state index contributed by atoms with van der Waals surface area (Å²) in [5.74, 6) is -1.44. The molecule has 4 rings (SSSR count). The minimum Gasteiger partial charge on any atom is -0.380 e. The van der Waals surface area contributed by atoms with Gasteiger partial charge >= 0.3 is 0 Å². The highest BCUT2D eigenvalue weighted by Gasteiger charge is 2.39. The third-order valence-electron chi connectivity index (χ3n) is 5.57. The Balaban J connectivity index is 0.00000324. The van der Waals surface area contributed by atoms with E-state index in [1.165, 1.54) is 4.90 Å². The lowest BCUT2D eigenvalue weighted by molar-refractivity contribution is -0.150. The van der Waals surface area contributed by atoms with E-state index in [-0.39, 0.29) is 38.1 Å². The number of rotatable bonds is 6. The summed E-state index contributed by atoms with van der Waals surface area (Å²) in [6.07, 6.45) is -3.05. The molecule has 182 valence electrons. The predicted octanol–water partition coefficient (Wildman–Crippen LogP) is 0.662. The van der Waals surface area contributed by atoms with Crippen LogP contribution in [0, 0.1) is 0 Å². The number of nitrogens with one attached hydrogen (secondary N) is 1. The van der Waals surface area contributed by atoms with Crippen LogP contribution in [0.2, 0.25) is 0 Å². The van der Waals surface area contributed by atoms with Crippen molar-refractivity contribution in [3.8, 4) is 0 Å². The first kappa shape index (κ1) is 25.6. The molecule has 2 atom stereocenters. The highest BCUT2D eigenvalue weighted by atomic mass is 35.5. The van der Waals surface area contributed by atoms with Gasteiger partial charge in [0.25, 0.3) is 17.7 Å². The average Bonchev–Trinajstić information content (AvgIpc) is 2.84. The first-order valence-electron chi connectivity index (χ1n) is 10.7. The minimum absolute atomic E-state index is 0. The lowest BCUT2D eigenvalue weighted by Crippen LogP contribution is -2.55. The van der Waals surface area contributed by atoms with Gasteiger partial charge in [0.2, 0.25) is 0 Å². The summed E-state index contributed by atoms with van der Waals surface area (Å²) in [7, 11) is 0. The van der Waals surface area contributed by atoms with Gasteiger partial charge in [-0.2, -0.15) is 0 Å². The van der Waals surface area contributed by atoms with E-state index in [9.17, 15) is 19.5 Å². The Morgan fingerprint density at radius 2 is 1.76 bits per heavy atom. The van der Waals surface area contributed by atoms with Crippen LogP contribution < -0.4 is 20.9 Å². The standard InChI is InChI=1S/C23H26N4O6.ClH/c24-13-15-4-6-16(7-5-15)25-22(30)20(29)21-23(31)27(9-11-33-21)18-3-1-2-17(12-18)26-8-10-32-14-19(26)28;/h1-7,12,20-21,29H,8-11,13-14,24H2,(H,25,30);1H. The third kappa shape index (κ3) is 5.54. The Morgan fingerprint density at radius 1 is 1.09 bits per heavy atom. The van der Waals surface area contributed by atoms with Gasteiger partial charge in [0, 0.05) is 36.7 Å². The average molecular weight is 491 g/mol. The number of hydrogen-bond donors (Lipinski definition) is 3. The van der Waals surface area contributed by atoms with Crippen LogP contribution in [-0.2, 0) is 30.4 Å². The number of benzene rings is 2. The number of ether oxygens (including phenoxy) is 2. The first-order valence-corrected chi connectivity index (χ1v) is 10.7. The molecule has 3 amide bonds. The number of halogens is 1. The smallest absolute Gasteiger partial charge is 0.259 e. The summed E-state index contributed by atoms with van der Waals surface area (Å²) >= 11 is 0. The Morgan fingerprint density at radius 3 is 2.44 bits per heavy atom. The molecule has 2 fully saturated rings. The fraction of sp³-hybridized carbons (Fsp3) is 0.348. The molecule has 2 unspecified atom stereocenters. The summed E-state index contributed by atoms with van der Waals surface area (Å²) in [4.78, 5) is 40.9. The molecule has 4 N–H and O–H groups in total. The van der Waals surface area contributed by atoms with E-state index in [1.807, 2.05) is 0 Å². The van der Waals surface area contributed by atoms with Crippen molar-refractivity contribution >= 4 is 47.2 Å². The van der Waals surface area contributed by atoms with Crippen LogP contribution in [0.1, 0.15) is 5.56 Å². The molecule has 2 aromatic carbocycles. The molecule has 0 aromatic heterocycles. The SMILES string of the molecule is Cl.NCc1ccc(NC(=O)C(O)C2OCCN(c3cccc(N4CCOCC4=O)c3)C2=O)cc1. The predicted molar refractivity (Wildman–Crippen MR) is 128 cm³/mol. The number of morpholine rings is 2. The highest BCUT2D eigenvalue weighted by molar-refractivity contribution is 6.04. The molecule has 2 heterocycles. The van der Waals surface area contributed by atoms with Crippen LogP contribution in [0.4, 0.5) is 17.1 Å². The lowest BCUT2D eigenvalue weighted by Gasteiger charge is -2.35. The largest absolute Gasteiger partial charge is 0.380 e. The monoisotopic (exact) mass is 490 g/mol. The molecule has 11 heteroatoms. The topological polar surface area (TPSA) is 134 Å². The zero-order chi connectivity index (χ0) is 23.4. The molecule has 0 aliphatic carbocycles. The van der Waals surface area contributed by atoms with Crippen LogP contribution >= 0.6 is 12.4 Å². The number of hydrogen-bond acceptors (Lipinski definition) is 7. The van der Waals surface area contributed by atoms with Gasteiger partial charge in [0.1, 0.15) is 6.61 Å². The van der Waals surface area contributed by atoms with Gasteiger partial charge in [-0.15, -0.1) is 12.4 Å². The summed E-state index contributed by atoms with van der Waals surface area (Å²) in [5, 5.41) is 13.1. The normalized spacial score (nSPS) is 19.4. The summed E-state index contributed by atoms with van der Waals surface area (Å²) < 4.78 is 10.6. The fourth-order valence-electron chi connectivity index (χ4n) is 3.79. The minimum atomic E-state index is -1.70. The Labute approximate surface area is 203 Å². The number of amides is 3. The van der Waals surface area contributed by atoms with E-state index in [2.05, 4.69) is 5.32 Å². The van der Waals surface area contributed by atoms with E-state index < -0.39 is 24.0 Å². The Kier molecular flexibility index (Phi) is 8.59. The number of carbonyl (C=O) groups is 3. The van der Waals surface area contributed by atoms with Crippen molar-refractivity contribution < 1.29 is 29.0 Å². The second-order valence-corrected chi connectivity index (χ2v) is 7.73. The van der Waals surface area contributed by atoms with E-state index in [0.717, 1.165) is 5.56 Å². The second kappa shape index (κ2) is 11.4. The Bertz CT molecular complexity index is 1030. The molecule has 2 aliphatic heterocycles. The zero-order valence-electron chi connectivity index (χ0n) is 18.4. The Hall–Kier alpha value is -3.02. The number of anilines is 3. The highest BCUT2D eigenvalue weighted by Crippen LogP contribution is 2.26. The van der Waals surface area contributed by atoms with Crippen molar-refractivity contribution in [1.29, 1.82) is 0 Å². The molecular formula is C23H27ClN4O6. The van der Waals surface area contributed by atoms with Crippen LogP contribution in [0.15, 0.2) is 48.5 Å². The zero-order valence-corrected chi connectivity index (χ0v) is 19.2. The molecular weight excluding hydrogens is 464 g/mol. The maximum absolute atomic E-state index is 13.1. The summed E-state index contributed by atoms with van der Waals surface area (Å²) in [6.45, 7) is 1.65. The van der Waals surface area contributed by atoms with E-state index in [4.69, 9.17) is 15.2 Å². The van der Waals surface area contributed by atoms with E-state index in [0.29, 0.717) is 36.8 Å². The van der Waals surface area contributed by atoms with Crippen molar-refractivity contribution in [3.05, 3.63) is 54.1 Å². The number of aliphatic hydroxyl groups excluding tert-OH is 1. The van der Waals surface area contributed by atoms with E-state index >= 15 is 0 Å². The first-order chi connectivity index (χ1) is 16.0. The van der Waals surface area contributed by atoms with Crippen molar-refractivity contribution in [1.82, 2.24) is 0 Å². The maximum atomic E-state index is 13.1. The third-order valence-corrected chi connectivity index (χ3v) is 5.57. The molecule has 34 heavy (non-hydrogen) atoms. The molecule has 0 bridgehead atoms. The van der Waals surface area contributed by atoms with Gasteiger partial charge in [0.15, 0.2) is 12.2 Å². The molecule has 2 saturated heterocycles. The van der Waals surface area contributed by atoms with Gasteiger partial charge in [0.05, 0.1) is 13.2 Å². The molecule has 10 nitrogen and oxygen atoms in total. The van der Waals surface area contributed by atoms with Crippen LogP contribution in [0.5, 0.6) is 0 Å². The van der Waals surface area contributed by atoms with Gasteiger partial charge in [-0.05, 0) is 35.9 Å². The number of nitrogens with zero attached hydrogens (tertiary/aromatic N) is 2. The number of nitrogens with two attached hydrogens (primary N) is 1. The lowest BCUT2D eigenvalue weighted by atomic mass is 10.1. The molecule has 0 spiro atoms. The number of carbonyl (C=O) groups excluding carboxylic acids is 3. The fourth-order valence-corrected chi connectivity index (χ4v) is 3.79. The quantitative estimate of drug-likeness (QED) is 0.541. The molecule has 0 radical (unpaired) electrons.